The van der Waals surface area contributed by atoms with Gasteiger partial charge >= 0.3 is 6.03 Å². The number of aromatic nitrogens is 1. The number of nitrogens with one attached hydrogen (secondary N) is 3. The first-order valence-electron chi connectivity index (χ1n) is 6.26. The van der Waals surface area contributed by atoms with Crippen molar-refractivity contribution in [1.29, 1.82) is 0 Å². The van der Waals surface area contributed by atoms with Crippen LogP contribution in [0.5, 0.6) is 0 Å². The van der Waals surface area contributed by atoms with Gasteiger partial charge in [-0.3, -0.25) is 10.1 Å². The molecule has 0 unspecified atom stereocenters. The Balaban J connectivity index is 1.93. The topological polar surface area (TPSA) is 83.1 Å². The molecule has 0 radical (unpaired) electrons. The zero-order chi connectivity index (χ0) is 15.9. The number of urea groups is 1. The van der Waals surface area contributed by atoms with E-state index in [1.54, 1.807) is 35.7 Å². The molecule has 0 aliphatic rings. The number of nitrogens with zero attached hydrogens (tertiary/aromatic N) is 1. The van der Waals surface area contributed by atoms with Gasteiger partial charge < -0.3 is 10.6 Å². The molecule has 0 atom stereocenters. The van der Waals surface area contributed by atoms with Crippen LogP contribution in [0.15, 0.2) is 42.3 Å². The predicted octanol–water partition coefficient (Wildman–Crippen LogP) is 3.36. The molecule has 114 valence electrons. The van der Waals surface area contributed by atoms with Crippen LogP contribution in [0.25, 0.3) is 0 Å². The summed E-state index contributed by atoms with van der Waals surface area (Å²) in [4.78, 5) is 27.5. The Morgan fingerprint density at radius 3 is 2.91 bits per heavy atom. The molecule has 2 rings (SSSR count). The number of halogens is 1. The highest BCUT2D eigenvalue weighted by molar-refractivity contribution is 7.14. The molecule has 0 aliphatic heterocycles. The molecule has 0 saturated heterocycles. The first-order valence-corrected chi connectivity index (χ1v) is 7.52. The van der Waals surface area contributed by atoms with Gasteiger partial charge in [0.25, 0.3) is 5.91 Å². The van der Waals surface area contributed by atoms with Crippen molar-refractivity contribution < 1.29 is 9.59 Å². The summed E-state index contributed by atoms with van der Waals surface area (Å²) >= 11 is 6.99. The van der Waals surface area contributed by atoms with Crippen molar-refractivity contribution in [3.05, 3.63) is 53.0 Å². The van der Waals surface area contributed by atoms with E-state index in [1.165, 1.54) is 0 Å². The minimum Gasteiger partial charge on any atom is -0.347 e. The molecule has 3 amide bonds. The minimum atomic E-state index is -0.463. The smallest absolute Gasteiger partial charge is 0.325 e. The summed E-state index contributed by atoms with van der Waals surface area (Å²) in [5, 5.41) is 10.2. The SMILES string of the molecule is C=CCNC(=O)c1csc(NC(=O)Nc2cccc(Cl)c2)n1. The Labute approximate surface area is 136 Å². The summed E-state index contributed by atoms with van der Waals surface area (Å²) in [7, 11) is 0. The normalized spacial score (nSPS) is 9.86. The number of benzene rings is 1. The second kappa shape index (κ2) is 7.58. The molecular formula is C14H13ClN4O2S. The molecule has 0 aliphatic carbocycles. The Morgan fingerprint density at radius 1 is 1.36 bits per heavy atom. The maximum absolute atomic E-state index is 11.8. The van der Waals surface area contributed by atoms with E-state index in [4.69, 9.17) is 11.6 Å². The van der Waals surface area contributed by atoms with Crippen LogP contribution in [0.2, 0.25) is 5.02 Å². The highest BCUT2D eigenvalue weighted by Gasteiger charge is 2.11. The number of thiazole rings is 1. The van der Waals surface area contributed by atoms with E-state index in [2.05, 4.69) is 27.5 Å². The molecule has 2 aromatic rings. The van der Waals surface area contributed by atoms with Crippen LogP contribution >= 0.6 is 22.9 Å². The van der Waals surface area contributed by atoms with Crippen LogP contribution < -0.4 is 16.0 Å². The third-order valence-electron chi connectivity index (χ3n) is 2.45. The number of hydrogen-bond donors (Lipinski definition) is 3. The number of rotatable bonds is 5. The molecular weight excluding hydrogens is 324 g/mol. The summed E-state index contributed by atoms with van der Waals surface area (Å²) in [6.07, 6.45) is 1.57. The first kappa shape index (κ1) is 16.0. The number of carbonyl (C=O) groups excluding carboxylic acids is 2. The molecule has 8 heteroatoms. The summed E-state index contributed by atoms with van der Waals surface area (Å²) in [6, 6.07) is 6.30. The average molecular weight is 337 g/mol. The van der Waals surface area contributed by atoms with Gasteiger partial charge in [-0.15, -0.1) is 17.9 Å². The van der Waals surface area contributed by atoms with Crippen molar-refractivity contribution in [2.75, 3.05) is 17.2 Å². The van der Waals surface area contributed by atoms with Crippen LogP contribution in [0.4, 0.5) is 15.6 Å². The van der Waals surface area contributed by atoms with Gasteiger partial charge in [-0.2, -0.15) is 0 Å². The lowest BCUT2D eigenvalue weighted by atomic mass is 10.3. The summed E-state index contributed by atoms with van der Waals surface area (Å²) in [6.45, 7) is 3.87. The van der Waals surface area contributed by atoms with Crippen molar-refractivity contribution >= 4 is 45.7 Å². The van der Waals surface area contributed by atoms with Crippen LogP contribution in [0.3, 0.4) is 0 Å². The number of anilines is 2. The number of hydrogen-bond acceptors (Lipinski definition) is 4. The van der Waals surface area contributed by atoms with Crippen molar-refractivity contribution in [2.24, 2.45) is 0 Å². The van der Waals surface area contributed by atoms with E-state index in [1.807, 2.05) is 0 Å². The summed E-state index contributed by atoms with van der Waals surface area (Å²) in [5.41, 5.74) is 0.801. The monoisotopic (exact) mass is 336 g/mol. The standard InChI is InChI=1S/C14H13ClN4O2S/c1-2-6-16-12(20)11-8-22-14(18-11)19-13(21)17-10-5-3-4-9(15)7-10/h2-5,7-8H,1,6H2,(H,16,20)(H2,17,18,19,21). The second-order valence-electron chi connectivity index (χ2n) is 4.13. The van der Waals surface area contributed by atoms with Gasteiger partial charge in [0.15, 0.2) is 5.13 Å². The molecule has 1 aromatic heterocycles. The van der Waals surface area contributed by atoms with Crippen molar-refractivity contribution in [3.8, 4) is 0 Å². The molecule has 0 saturated carbocycles. The minimum absolute atomic E-state index is 0.241. The molecule has 22 heavy (non-hydrogen) atoms. The third-order valence-corrected chi connectivity index (χ3v) is 3.44. The highest BCUT2D eigenvalue weighted by Crippen LogP contribution is 2.17. The second-order valence-corrected chi connectivity index (χ2v) is 5.42. The van der Waals surface area contributed by atoms with Crippen LogP contribution in [-0.2, 0) is 0 Å². The Bertz CT molecular complexity index is 702. The van der Waals surface area contributed by atoms with Gasteiger partial charge in [-0.25, -0.2) is 9.78 Å². The summed E-state index contributed by atoms with van der Waals surface area (Å²) < 4.78 is 0. The zero-order valence-electron chi connectivity index (χ0n) is 11.4. The molecule has 0 bridgehead atoms. The first-order chi connectivity index (χ1) is 10.6. The van der Waals surface area contributed by atoms with Gasteiger partial charge in [0.1, 0.15) is 5.69 Å². The molecule has 0 spiro atoms. The lowest BCUT2D eigenvalue weighted by Gasteiger charge is -2.05. The van der Waals surface area contributed by atoms with E-state index in [9.17, 15) is 9.59 Å². The van der Waals surface area contributed by atoms with Crippen molar-refractivity contribution in [2.45, 2.75) is 0 Å². The Kier molecular flexibility index (Phi) is 5.51. The average Bonchev–Trinajstić information content (AvgIpc) is 2.93. The van der Waals surface area contributed by atoms with Crippen molar-refractivity contribution in [1.82, 2.24) is 10.3 Å². The largest absolute Gasteiger partial charge is 0.347 e. The van der Waals surface area contributed by atoms with Gasteiger partial charge in [-0.1, -0.05) is 23.7 Å². The third kappa shape index (κ3) is 4.57. The van der Waals surface area contributed by atoms with Gasteiger partial charge in [0.05, 0.1) is 0 Å². The Hall–Kier alpha value is -2.38. The zero-order valence-corrected chi connectivity index (χ0v) is 13.0. The maximum Gasteiger partial charge on any atom is 0.325 e. The van der Waals surface area contributed by atoms with E-state index in [0.29, 0.717) is 22.4 Å². The fourth-order valence-electron chi connectivity index (χ4n) is 1.52. The van der Waals surface area contributed by atoms with Crippen LogP contribution in [-0.4, -0.2) is 23.5 Å². The van der Waals surface area contributed by atoms with E-state index in [-0.39, 0.29) is 11.6 Å². The summed E-state index contributed by atoms with van der Waals surface area (Å²) in [5.74, 6) is -0.320. The quantitative estimate of drug-likeness (QED) is 0.732. The fraction of sp³-hybridized carbons (Fsp3) is 0.0714. The lowest BCUT2D eigenvalue weighted by molar-refractivity contribution is 0.0954. The molecule has 1 aromatic carbocycles. The highest BCUT2D eigenvalue weighted by atomic mass is 35.5. The van der Waals surface area contributed by atoms with Gasteiger partial charge in [0, 0.05) is 22.6 Å². The molecule has 6 nitrogen and oxygen atoms in total. The number of amides is 3. The maximum atomic E-state index is 11.8. The number of carbonyl (C=O) groups is 2. The van der Waals surface area contributed by atoms with Crippen LogP contribution in [0, 0.1) is 0 Å². The predicted molar refractivity (Wildman–Crippen MR) is 88.7 cm³/mol. The lowest BCUT2D eigenvalue weighted by Crippen LogP contribution is -2.24. The molecule has 0 fully saturated rings. The van der Waals surface area contributed by atoms with Gasteiger partial charge in [-0.05, 0) is 18.2 Å². The van der Waals surface area contributed by atoms with Crippen LogP contribution in [0.1, 0.15) is 10.5 Å². The van der Waals surface area contributed by atoms with E-state index >= 15 is 0 Å². The molecule has 3 N–H and O–H groups in total. The van der Waals surface area contributed by atoms with E-state index in [0.717, 1.165) is 11.3 Å². The van der Waals surface area contributed by atoms with E-state index < -0.39 is 6.03 Å². The molecule has 1 heterocycles. The van der Waals surface area contributed by atoms with Gasteiger partial charge in [0.2, 0.25) is 0 Å². The van der Waals surface area contributed by atoms with Crippen molar-refractivity contribution in [3.63, 3.8) is 0 Å². The Morgan fingerprint density at radius 2 is 2.18 bits per heavy atom. The fourth-order valence-corrected chi connectivity index (χ4v) is 2.39.